The molecule has 0 fully saturated rings. The first-order valence-electron chi connectivity index (χ1n) is 14.2. The Labute approximate surface area is 254 Å². The van der Waals surface area contributed by atoms with Crippen LogP contribution in [0.2, 0.25) is 5.02 Å². The minimum atomic E-state index is -0.527. The number of esters is 1. The second-order valence-electron chi connectivity index (χ2n) is 10.2. The molecule has 0 amide bonds. The maximum Gasteiger partial charge on any atom is 0.338 e. The van der Waals surface area contributed by atoms with E-state index >= 15 is 0 Å². The lowest BCUT2D eigenvalue weighted by Crippen LogP contribution is -2.23. The van der Waals surface area contributed by atoms with Gasteiger partial charge in [0, 0.05) is 10.7 Å². The fraction of sp³-hybridized carbons (Fsp3) is 0.581. The summed E-state index contributed by atoms with van der Waals surface area (Å²) in [5, 5.41) is 0.635. The Hall–Kier alpha value is -2.44. The van der Waals surface area contributed by atoms with Gasteiger partial charge in [-0.25, -0.2) is 4.79 Å². The van der Waals surface area contributed by atoms with Gasteiger partial charge in [0.25, 0.3) is 0 Å². The monoisotopic (exact) mass is 611 g/mol. The molecule has 2 N–H and O–H groups in total. The van der Waals surface area contributed by atoms with Crippen LogP contribution in [0.4, 0.5) is 5.69 Å². The Morgan fingerprint density at radius 1 is 0.667 bits per heavy atom. The number of hydrogen-bond acceptors (Lipinski definition) is 10. The lowest BCUT2D eigenvalue weighted by Gasteiger charge is -2.19. The third kappa shape index (κ3) is 18.2. The minimum Gasteiger partial charge on any atom is -0.491 e. The van der Waals surface area contributed by atoms with Crippen molar-refractivity contribution < 1.29 is 42.7 Å². The fourth-order valence-electron chi connectivity index (χ4n) is 3.45. The maximum atomic E-state index is 12.0. The topological polar surface area (TPSA) is 117 Å². The van der Waals surface area contributed by atoms with E-state index in [1.54, 1.807) is 30.3 Å². The Morgan fingerprint density at radius 3 is 1.57 bits per heavy atom. The zero-order valence-corrected chi connectivity index (χ0v) is 25.8. The molecule has 0 aliphatic heterocycles. The molecule has 0 aliphatic carbocycles. The first-order valence-corrected chi connectivity index (χ1v) is 14.6. The van der Waals surface area contributed by atoms with Crippen molar-refractivity contribution in [1.82, 2.24) is 0 Å². The van der Waals surface area contributed by atoms with E-state index in [2.05, 4.69) is 0 Å². The molecule has 0 bridgehead atoms. The summed E-state index contributed by atoms with van der Waals surface area (Å²) in [7, 11) is 0. The molecule has 2 aromatic rings. The number of ether oxygens (including phenoxy) is 8. The van der Waals surface area contributed by atoms with E-state index in [0.29, 0.717) is 108 Å². The van der Waals surface area contributed by atoms with Crippen molar-refractivity contribution in [3.8, 4) is 5.75 Å². The second kappa shape index (κ2) is 21.3. The number of rotatable bonds is 23. The normalized spacial score (nSPS) is 11.5. The van der Waals surface area contributed by atoms with Crippen molar-refractivity contribution in [1.29, 1.82) is 0 Å². The van der Waals surface area contributed by atoms with E-state index < -0.39 is 5.60 Å². The highest BCUT2D eigenvalue weighted by Gasteiger charge is 2.17. The summed E-state index contributed by atoms with van der Waals surface area (Å²) in [5.74, 6) is 0.304. The van der Waals surface area contributed by atoms with Crippen LogP contribution in [0.5, 0.6) is 5.75 Å². The van der Waals surface area contributed by atoms with E-state index in [1.165, 1.54) is 0 Å². The van der Waals surface area contributed by atoms with Crippen LogP contribution in [0, 0.1) is 0 Å². The Bertz CT molecular complexity index is 979. The molecule has 2 aromatic carbocycles. The molecule has 2 rings (SSSR count). The number of anilines is 1. The molecule has 0 atom stereocenters. The van der Waals surface area contributed by atoms with Crippen LogP contribution in [-0.2, 0) is 39.6 Å². The molecule has 0 aromatic heterocycles. The van der Waals surface area contributed by atoms with Gasteiger partial charge >= 0.3 is 5.97 Å². The van der Waals surface area contributed by atoms with Gasteiger partial charge in [0.2, 0.25) is 0 Å². The average molecular weight is 612 g/mol. The van der Waals surface area contributed by atoms with Gasteiger partial charge in [0.05, 0.1) is 84.8 Å². The number of nitrogen functional groups attached to an aromatic ring is 1. The van der Waals surface area contributed by atoms with Gasteiger partial charge in [-0.15, -0.1) is 0 Å². The summed E-state index contributed by atoms with van der Waals surface area (Å²) in [6.45, 7) is 11.8. The van der Waals surface area contributed by atoms with Crippen molar-refractivity contribution in [3.63, 3.8) is 0 Å². The van der Waals surface area contributed by atoms with Gasteiger partial charge in [-0.05, 0) is 75.2 Å². The molecule has 0 unspecified atom stereocenters. The number of benzene rings is 2. The summed E-state index contributed by atoms with van der Waals surface area (Å²) >= 11 is 5.99. The third-order valence-corrected chi connectivity index (χ3v) is 5.58. The smallest absolute Gasteiger partial charge is 0.338 e. The van der Waals surface area contributed by atoms with Gasteiger partial charge in [-0.3, -0.25) is 0 Å². The van der Waals surface area contributed by atoms with Crippen LogP contribution in [0.1, 0.15) is 36.7 Å². The predicted octanol–water partition coefficient (Wildman–Crippen LogP) is 4.60. The quantitative estimate of drug-likeness (QED) is 0.109. The van der Waals surface area contributed by atoms with Crippen LogP contribution in [-0.4, -0.2) is 97.5 Å². The first kappa shape index (κ1) is 35.8. The Morgan fingerprint density at radius 2 is 1.12 bits per heavy atom. The number of carbonyl (C=O) groups excluding carboxylic acids is 1. The fourth-order valence-corrected chi connectivity index (χ4v) is 3.72. The second-order valence-corrected chi connectivity index (χ2v) is 10.6. The van der Waals surface area contributed by atoms with Crippen molar-refractivity contribution in [2.75, 3.05) is 91.6 Å². The van der Waals surface area contributed by atoms with Crippen LogP contribution < -0.4 is 10.5 Å². The molecular formula is C31H46ClNO9. The zero-order chi connectivity index (χ0) is 30.5. The molecule has 0 saturated heterocycles. The van der Waals surface area contributed by atoms with Gasteiger partial charge in [0.15, 0.2) is 0 Å². The summed E-state index contributed by atoms with van der Waals surface area (Å²) in [5.41, 5.74) is 7.45. The lowest BCUT2D eigenvalue weighted by molar-refractivity contribution is -0.0176. The summed E-state index contributed by atoms with van der Waals surface area (Å²) in [6, 6.07) is 12.4. The standard InChI is InChI=1S/C31H46ClNO9/c1-31(2,3)42-30(34)26-4-6-29(7-5-26)41-21-20-40-19-18-39-17-16-38-15-14-37-13-12-36-11-10-35-9-8-25-22-27(32)24-28(33)23-25/h4-7,22-24H,8-21,33H2,1-3H3. The number of hydrogen-bond donors (Lipinski definition) is 1. The van der Waals surface area contributed by atoms with Crippen LogP contribution in [0.3, 0.4) is 0 Å². The number of halogens is 1. The molecule has 236 valence electrons. The summed E-state index contributed by atoms with van der Waals surface area (Å²) in [6.07, 6.45) is 0.750. The van der Waals surface area contributed by atoms with E-state index in [0.717, 1.165) is 12.0 Å². The Balaban J connectivity index is 1.28. The number of carbonyl (C=O) groups is 1. The maximum absolute atomic E-state index is 12.0. The first-order chi connectivity index (χ1) is 20.2. The molecule has 10 nitrogen and oxygen atoms in total. The van der Waals surface area contributed by atoms with Gasteiger partial charge in [-0.2, -0.15) is 0 Å². The molecule has 42 heavy (non-hydrogen) atoms. The molecule has 0 radical (unpaired) electrons. The van der Waals surface area contributed by atoms with Crippen molar-refractivity contribution in [2.45, 2.75) is 32.8 Å². The molecule has 0 heterocycles. The summed E-state index contributed by atoms with van der Waals surface area (Å²) in [4.78, 5) is 12.0. The van der Waals surface area contributed by atoms with Crippen LogP contribution in [0.25, 0.3) is 0 Å². The molecule has 11 heteroatoms. The summed E-state index contributed by atoms with van der Waals surface area (Å²) < 4.78 is 44.0. The third-order valence-electron chi connectivity index (χ3n) is 5.36. The molecule has 0 aliphatic rings. The van der Waals surface area contributed by atoms with Crippen molar-refractivity contribution in [3.05, 3.63) is 58.6 Å². The van der Waals surface area contributed by atoms with E-state index in [-0.39, 0.29) is 5.97 Å². The molecule has 0 saturated carbocycles. The number of nitrogens with two attached hydrogens (primary N) is 1. The van der Waals surface area contributed by atoms with Crippen molar-refractivity contribution in [2.24, 2.45) is 0 Å². The largest absolute Gasteiger partial charge is 0.491 e. The zero-order valence-electron chi connectivity index (χ0n) is 25.1. The predicted molar refractivity (Wildman–Crippen MR) is 162 cm³/mol. The highest BCUT2D eigenvalue weighted by Crippen LogP contribution is 2.17. The van der Waals surface area contributed by atoms with E-state index in [9.17, 15) is 4.79 Å². The van der Waals surface area contributed by atoms with Gasteiger partial charge < -0.3 is 43.6 Å². The van der Waals surface area contributed by atoms with E-state index in [4.69, 9.17) is 55.2 Å². The minimum absolute atomic E-state index is 0.357. The van der Waals surface area contributed by atoms with Gasteiger partial charge in [-0.1, -0.05) is 11.6 Å². The Kier molecular flexibility index (Phi) is 18.1. The van der Waals surface area contributed by atoms with Crippen LogP contribution in [0.15, 0.2) is 42.5 Å². The van der Waals surface area contributed by atoms with E-state index in [1.807, 2.05) is 32.9 Å². The lowest BCUT2D eigenvalue weighted by atomic mass is 10.1. The van der Waals surface area contributed by atoms with Gasteiger partial charge in [0.1, 0.15) is 18.0 Å². The molecular weight excluding hydrogens is 566 g/mol. The molecule has 0 spiro atoms. The average Bonchev–Trinajstić information content (AvgIpc) is 2.92. The van der Waals surface area contributed by atoms with Crippen LogP contribution >= 0.6 is 11.6 Å². The SMILES string of the molecule is CC(C)(C)OC(=O)c1ccc(OCCOCCOCCOCCOCCOCCOCCc2cc(N)cc(Cl)c2)cc1. The highest BCUT2D eigenvalue weighted by atomic mass is 35.5. The highest BCUT2D eigenvalue weighted by molar-refractivity contribution is 6.30. The van der Waals surface area contributed by atoms with Crippen molar-refractivity contribution >= 4 is 23.3 Å².